The van der Waals surface area contributed by atoms with Crippen molar-refractivity contribution in [2.24, 2.45) is 0 Å². The maximum atomic E-state index is 9.56. The molecule has 0 aromatic heterocycles. The van der Waals surface area contributed by atoms with Gasteiger partial charge in [-0.25, -0.2) is 0 Å². The third-order valence-electron chi connectivity index (χ3n) is 0.676. The van der Waals surface area contributed by atoms with Crippen molar-refractivity contribution in [2.45, 2.75) is 26.2 Å². The summed E-state index contributed by atoms with van der Waals surface area (Å²) in [5.74, 6) is 0. The minimum Gasteiger partial charge on any atom is 0 e. The standard InChI is InChI=1S/C5H10O.Li.Mn.H/c1-2-3-4-5-6;;;/h5H,2-4H2,1H3;;;. The molecular formula is C5H11LiMnO. The predicted molar refractivity (Wildman–Crippen MR) is 32.7 cm³/mol. The van der Waals surface area contributed by atoms with Crippen LogP contribution in [0.2, 0.25) is 0 Å². The van der Waals surface area contributed by atoms with Crippen LogP contribution in [0.15, 0.2) is 0 Å². The Labute approximate surface area is 73.3 Å². The Morgan fingerprint density at radius 3 is 2.12 bits per heavy atom. The maximum absolute atomic E-state index is 9.56. The third kappa shape index (κ3) is 15.8. The first-order valence-corrected chi connectivity index (χ1v) is 2.35. The van der Waals surface area contributed by atoms with Gasteiger partial charge < -0.3 is 4.79 Å². The summed E-state index contributed by atoms with van der Waals surface area (Å²) in [5, 5.41) is 0. The van der Waals surface area contributed by atoms with Gasteiger partial charge >= 0.3 is 18.9 Å². The van der Waals surface area contributed by atoms with Gasteiger partial charge in [-0.3, -0.25) is 0 Å². The SMILES string of the molecule is CCCCC=O.[LiH].[Mn]. The minimum atomic E-state index is 0. The molecule has 0 unspecified atom stereocenters. The van der Waals surface area contributed by atoms with E-state index in [4.69, 9.17) is 0 Å². The fourth-order valence-corrected chi connectivity index (χ4v) is 0.287. The topological polar surface area (TPSA) is 17.1 Å². The second-order valence-corrected chi connectivity index (χ2v) is 1.31. The Bertz CT molecular complexity index is 41.4. The van der Waals surface area contributed by atoms with Gasteiger partial charge in [0.1, 0.15) is 6.29 Å². The largest absolute Gasteiger partial charge is 0 e. The first kappa shape index (κ1) is 15.9. The van der Waals surface area contributed by atoms with E-state index in [-0.39, 0.29) is 35.9 Å². The molecule has 0 aromatic rings. The van der Waals surface area contributed by atoms with E-state index in [0.717, 1.165) is 25.5 Å². The molecule has 0 spiro atoms. The Hall–Kier alpha value is 0.787. The van der Waals surface area contributed by atoms with Crippen molar-refractivity contribution >= 4 is 25.1 Å². The quantitative estimate of drug-likeness (QED) is 0.328. The van der Waals surface area contributed by atoms with Crippen molar-refractivity contribution in [1.29, 1.82) is 0 Å². The molecule has 8 heavy (non-hydrogen) atoms. The number of carbonyl (C=O) groups is 1. The van der Waals surface area contributed by atoms with Crippen LogP contribution in [0.5, 0.6) is 0 Å². The van der Waals surface area contributed by atoms with Gasteiger partial charge in [0.15, 0.2) is 0 Å². The molecule has 0 N–H and O–H groups in total. The van der Waals surface area contributed by atoms with Gasteiger partial charge in [0.2, 0.25) is 0 Å². The summed E-state index contributed by atoms with van der Waals surface area (Å²) in [6.07, 6.45) is 3.86. The Morgan fingerprint density at radius 2 is 2.00 bits per heavy atom. The maximum Gasteiger partial charge on any atom is 0 e. The molecule has 0 heterocycles. The third-order valence-corrected chi connectivity index (χ3v) is 0.676. The molecule has 0 saturated carbocycles. The van der Waals surface area contributed by atoms with Crippen molar-refractivity contribution in [3.63, 3.8) is 0 Å². The number of carbonyl (C=O) groups excluding carboxylic acids is 1. The molecule has 0 aliphatic carbocycles. The summed E-state index contributed by atoms with van der Waals surface area (Å²) < 4.78 is 0. The number of aldehydes is 1. The summed E-state index contributed by atoms with van der Waals surface area (Å²) in [7, 11) is 0. The molecule has 3 heteroatoms. The molecule has 0 amide bonds. The summed E-state index contributed by atoms with van der Waals surface area (Å²) in [6, 6.07) is 0. The molecule has 0 fully saturated rings. The molecule has 0 aliphatic heterocycles. The zero-order chi connectivity index (χ0) is 4.83. The van der Waals surface area contributed by atoms with Gasteiger partial charge in [-0.1, -0.05) is 13.3 Å². The van der Waals surface area contributed by atoms with E-state index in [1.54, 1.807) is 0 Å². The zero-order valence-electron chi connectivity index (χ0n) is 4.48. The van der Waals surface area contributed by atoms with E-state index < -0.39 is 0 Å². The molecule has 45 valence electrons. The van der Waals surface area contributed by atoms with Crippen molar-refractivity contribution in [3.8, 4) is 0 Å². The summed E-state index contributed by atoms with van der Waals surface area (Å²) in [5.41, 5.74) is 0. The summed E-state index contributed by atoms with van der Waals surface area (Å²) in [4.78, 5) is 9.56. The van der Waals surface area contributed by atoms with Crippen LogP contribution in [0.1, 0.15) is 26.2 Å². The van der Waals surface area contributed by atoms with Crippen LogP contribution < -0.4 is 0 Å². The van der Waals surface area contributed by atoms with E-state index in [9.17, 15) is 4.79 Å². The molecule has 0 aliphatic rings. The van der Waals surface area contributed by atoms with Crippen LogP contribution >= 0.6 is 0 Å². The van der Waals surface area contributed by atoms with Gasteiger partial charge in [-0.15, -0.1) is 0 Å². The molecular weight excluding hydrogens is 138 g/mol. The minimum absolute atomic E-state index is 0. The predicted octanol–water partition coefficient (Wildman–Crippen LogP) is 0.724. The second kappa shape index (κ2) is 15.7. The van der Waals surface area contributed by atoms with Crippen molar-refractivity contribution in [1.82, 2.24) is 0 Å². The molecule has 1 nitrogen and oxygen atoms in total. The fourth-order valence-electron chi connectivity index (χ4n) is 0.287. The monoisotopic (exact) mass is 149 g/mol. The first-order chi connectivity index (χ1) is 2.91. The van der Waals surface area contributed by atoms with Crippen LogP contribution in [0, 0.1) is 0 Å². The van der Waals surface area contributed by atoms with E-state index in [2.05, 4.69) is 6.92 Å². The normalized spacial score (nSPS) is 6.12. The van der Waals surface area contributed by atoms with Crippen LogP contribution in [0.25, 0.3) is 0 Å². The van der Waals surface area contributed by atoms with Gasteiger partial charge in [-0.05, 0) is 6.42 Å². The summed E-state index contributed by atoms with van der Waals surface area (Å²) in [6.45, 7) is 2.07. The smallest absolute Gasteiger partial charge is 0 e. The van der Waals surface area contributed by atoms with Crippen molar-refractivity contribution in [3.05, 3.63) is 0 Å². The number of rotatable bonds is 3. The average Bonchev–Trinajstić information content (AvgIpc) is 1.61. The number of unbranched alkanes of at least 4 members (excludes halogenated alkanes) is 2. The Kier molecular flexibility index (Phi) is 31.1. The van der Waals surface area contributed by atoms with Crippen molar-refractivity contribution in [2.75, 3.05) is 0 Å². The van der Waals surface area contributed by atoms with E-state index in [1.807, 2.05) is 0 Å². The fraction of sp³-hybridized carbons (Fsp3) is 0.800. The summed E-state index contributed by atoms with van der Waals surface area (Å²) >= 11 is 0. The number of hydrogen-bond donors (Lipinski definition) is 0. The van der Waals surface area contributed by atoms with Crippen molar-refractivity contribution < 1.29 is 21.9 Å². The van der Waals surface area contributed by atoms with Gasteiger partial charge in [0.25, 0.3) is 0 Å². The van der Waals surface area contributed by atoms with Crippen LogP contribution in [0.4, 0.5) is 0 Å². The van der Waals surface area contributed by atoms with Crippen LogP contribution in [-0.2, 0) is 21.9 Å². The van der Waals surface area contributed by atoms with Crippen LogP contribution in [-0.4, -0.2) is 25.1 Å². The first-order valence-electron chi connectivity index (χ1n) is 2.35. The molecule has 0 atom stereocenters. The molecule has 0 bridgehead atoms. The van der Waals surface area contributed by atoms with E-state index >= 15 is 0 Å². The number of hydrogen-bond acceptors (Lipinski definition) is 1. The molecule has 0 aromatic carbocycles. The van der Waals surface area contributed by atoms with Gasteiger partial charge in [0.05, 0.1) is 0 Å². The Balaban J connectivity index is -0.000000125. The Morgan fingerprint density at radius 1 is 1.50 bits per heavy atom. The zero-order valence-corrected chi connectivity index (χ0v) is 5.67. The van der Waals surface area contributed by atoms with Gasteiger partial charge in [0, 0.05) is 23.5 Å². The molecule has 0 rings (SSSR count). The van der Waals surface area contributed by atoms with E-state index in [0.29, 0.717) is 0 Å². The molecule has 0 saturated heterocycles. The molecule has 1 radical (unpaired) electrons. The average molecular weight is 149 g/mol. The van der Waals surface area contributed by atoms with Gasteiger partial charge in [-0.2, -0.15) is 0 Å². The van der Waals surface area contributed by atoms with E-state index in [1.165, 1.54) is 0 Å². The second-order valence-electron chi connectivity index (χ2n) is 1.31. The van der Waals surface area contributed by atoms with Crippen LogP contribution in [0.3, 0.4) is 0 Å².